The van der Waals surface area contributed by atoms with E-state index < -0.39 is 31.7 Å². The summed E-state index contributed by atoms with van der Waals surface area (Å²) < 4.78 is 21.3. The van der Waals surface area contributed by atoms with Crippen molar-refractivity contribution in [3.8, 4) is 0 Å². The zero-order valence-corrected chi connectivity index (χ0v) is 10.7. The second-order valence-corrected chi connectivity index (χ2v) is 4.79. The van der Waals surface area contributed by atoms with Gasteiger partial charge in [-0.25, -0.2) is 24.2 Å². The van der Waals surface area contributed by atoms with Crippen LogP contribution < -0.4 is 0 Å². The zero-order valence-electron chi connectivity index (χ0n) is 9.78. The lowest BCUT2D eigenvalue weighted by Gasteiger charge is -2.15. The van der Waals surface area contributed by atoms with Crippen LogP contribution in [0.15, 0.2) is 0 Å². The lowest BCUT2D eigenvalue weighted by molar-refractivity contribution is -0.256. The Hall–Kier alpha value is -1.44. The molecule has 0 aromatic heterocycles. The number of hydrogen-bond acceptors (Lipinski definition) is 8. The van der Waals surface area contributed by atoms with Crippen LogP contribution in [0.5, 0.6) is 0 Å². The molecule has 0 atom stereocenters. The van der Waals surface area contributed by atoms with E-state index in [4.69, 9.17) is 14.2 Å². The van der Waals surface area contributed by atoms with E-state index in [2.05, 4.69) is 9.78 Å². The molecule has 1 N–H and O–H groups in total. The van der Waals surface area contributed by atoms with Gasteiger partial charge in [0.2, 0.25) is 0 Å². The van der Waals surface area contributed by atoms with Crippen molar-refractivity contribution in [1.82, 2.24) is 0 Å². The maximum atomic E-state index is 11.8. The Morgan fingerprint density at radius 2 is 1.56 bits per heavy atom. The smallest absolute Gasteiger partial charge is 0.462 e. The first-order chi connectivity index (χ1) is 8.34. The second-order valence-electron chi connectivity index (χ2n) is 2.74. The fourth-order valence-corrected chi connectivity index (χ4v) is 2.24. The Balaban J connectivity index is 4.31. The van der Waals surface area contributed by atoms with Gasteiger partial charge in [-0.1, -0.05) is 0 Å². The molecule has 0 amide bonds. The van der Waals surface area contributed by atoms with Crippen molar-refractivity contribution in [3.63, 3.8) is 0 Å². The minimum atomic E-state index is -3.67. The van der Waals surface area contributed by atoms with Gasteiger partial charge in [-0.2, -0.15) is 0 Å². The van der Waals surface area contributed by atoms with Gasteiger partial charge in [-0.3, -0.25) is 4.57 Å². The summed E-state index contributed by atoms with van der Waals surface area (Å²) in [7, 11) is -3.67. The summed E-state index contributed by atoms with van der Waals surface area (Å²) in [4.78, 5) is 39.1. The fourth-order valence-electron chi connectivity index (χ4n) is 0.826. The SMILES string of the molecule is CCOP(=O)(CC(=O)OOC(=O)C(=O)O)OCC. The quantitative estimate of drug-likeness (QED) is 0.318. The molecule has 0 aromatic rings. The Morgan fingerprint density at radius 1 is 1.06 bits per heavy atom. The van der Waals surface area contributed by atoms with Gasteiger partial charge in [0.25, 0.3) is 0 Å². The molecular weight excluding hydrogens is 271 g/mol. The van der Waals surface area contributed by atoms with E-state index in [1.807, 2.05) is 0 Å². The van der Waals surface area contributed by atoms with Crippen LogP contribution in [0, 0.1) is 0 Å². The molecule has 18 heavy (non-hydrogen) atoms. The molecular formula is C8H13O9P. The molecule has 0 fully saturated rings. The number of carboxylic acids is 1. The summed E-state index contributed by atoms with van der Waals surface area (Å²) in [6.07, 6.45) is -0.790. The maximum absolute atomic E-state index is 11.8. The first kappa shape index (κ1) is 16.6. The third-order valence-electron chi connectivity index (χ3n) is 1.36. The number of aliphatic carboxylic acids is 1. The summed E-state index contributed by atoms with van der Waals surface area (Å²) in [5, 5.41) is 8.13. The monoisotopic (exact) mass is 284 g/mol. The predicted octanol–water partition coefficient (Wildman–Crippen LogP) is 0.338. The van der Waals surface area contributed by atoms with Crippen LogP contribution in [0.3, 0.4) is 0 Å². The molecule has 0 saturated heterocycles. The van der Waals surface area contributed by atoms with Gasteiger partial charge in [0.1, 0.15) is 0 Å². The minimum Gasteiger partial charge on any atom is -0.473 e. The molecule has 0 bridgehead atoms. The molecule has 0 aliphatic heterocycles. The summed E-state index contributed by atoms with van der Waals surface area (Å²) in [6, 6.07) is 0. The Labute approximate surface area is 102 Å². The van der Waals surface area contributed by atoms with Crippen LogP contribution in [-0.2, 0) is 37.8 Å². The van der Waals surface area contributed by atoms with Gasteiger partial charge in [-0.15, -0.1) is 0 Å². The third kappa shape index (κ3) is 6.33. The van der Waals surface area contributed by atoms with Gasteiger partial charge in [0.15, 0.2) is 6.16 Å². The van der Waals surface area contributed by atoms with E-state index in [0.717, 1.165) is 0 Å². The van der Waals surface area contributed by atoms with Crippen molar-refractivity contribution < 1.29 is 42.9 Å². The molecule has 0 heterocycles. The van der Waals surface area contributed by atoms with Crippen LogP contribution in [-0.4, -0.2) is 42.4 Å². The van der Waals surface area contributed by atoms with Crippen molar-refractivity contribution in [2.45, 2.75) is 13.8 Å². The molecule has 10 heteroatoms. The van der Waals surface area contributed by atoms with Crippen molar-refractivity contribution in [3.05, 3.63) is 0 Å². The largest absolute Gasteiger partial charge is 0.473 e. The molecule has 0 unspecified atom stereocenters. The van der Waals surface area contributed by atoms with Crippen LogP contribution in [0.1, 0.15) is 13.8 Å². The normalized spacial score (nSPS) is 10.8. The highest BCUT2D eigenvalue weighted by molar-refractivity contribution is 7.54. The molecule has 0 aliphatic carbocycles. The molecule has 0 aromatic carbocycles. The zero-order chi connectivity index (χ0) is 14.2. The summed E-state index contributed by atoms with van der Waals surface area (Å²) in [6.45, 7) is 3.17. The first-order valence-electron chi connectivity index (χ1n) is 4.87. The number of carboxylic acid groups (broad SMARTS) is 1. The summed E-state index contributed by atoms with van der Waals surface area (Å²) in [5.41, 5.74) is 0. The van der Waals surface area contributed by atoms with E-state index in [-0.39, 0.29) is 13.2 Å². The van der Waals surface area contributed by atoms with Crippen LogP contribution in [0.2, 0.25) is 0 Å². The van der Waals surface area contributed by atoms with Gasteiger partial charge in [-0.05, 0) is 13.8 Å². The number of hydrogen-bond donors (Lipinski definition) is 1. The average molecular weight is 284 g/mol. The van der Waals surface area contributed by atoms with Crippen molar-refractivity contribution in [2.24, 2.45) is 0 Å². The van der Waals surface area contributed by atoms with Crippen molar-refractivity contribution in [2.75, 3.05) is 19.4 Å². The van der Waals surface area contributed by atoms with E-state index in [0.29, 0.717) is 0 Å². The minimum absolute atomic E-state index is 0.0411. The summed E-state index contributed by atoms with van der Waals surface area (Å²) >= 11 is 0. The van der Waals surface area contributed by atoms with E-state index in [1.165, 1.54) is 0 Å². The third-order valence-corrected chi connectivity index (χ3v) is 3.31. The maximum Gasteiger partial charge on any atom is 0.462 e. The molecule has 104 valence electrons. The Kier molecular flexibility index (Phi) is 7.18. The molecule has 0 radical (unpaired) electrons. The van der Waals surface area contributed by atoms with E-state index in [9.17, 15) is 18.9 Å². The number of carbonyl (C=O) groups excluding carboxylic acids is 2. The van der Waals surface area contributed by atoms with Crippen molar-refractivity contribution >= 4 is 25.5 Å². The molecule has 0 spiro atoms. The highest BCUT2D eigenvalue weighted by Crippen LogP contribution is 2.47. The number of rotatable bonds is 6. The lowest BCUT2D eigenvalue weighted by atomic mass is 10.7. The topological polar surface area (TPSA) is 125 Å². The molecule has 0 saturated carbocycles. The Bertz CT molecular complexity index is 354. The van der Waals surface area contributed by atoms with Gasteiger partial charge < -0.3 is 14.2 Å². The first-order valence-corrected chi connectivity index (χ1v) is 6.60. The van der Waals surface area contributed by atoms with Gasteiger partial charge in [0.05, 0.1) is 13.2 Å². The summed E-state index contributed by atoms with van der Waals surface area (Å²) in [5.74, 6) is -4.94. The average Bonchev–Trinajstić information content (AvgIpc) is 2.25. The molecule has 0 aliphatic rings. The number of carbonyl (C=O) groups is 3. The van der Waals surface area contributed by atoms with Crippen LogP contribution >= 0.6 is 7.60 Å². The standard InChI is InChI=1S/C8H13O9P/c1-3-14-18(13,15-4-2)5-6(9)16-17-8(12)7(10)11/h3-5H2,1-2H3,(H,10,11). The molecule has 9 nitrogen and oxygen atoms in total. The predicted molar refractivity (Wildman–Crippen MR) is 55.5 cm³/mol. The van der Waals surface area contributed by atoms with E-state index in [1.54, 1.807) is 13.8 Å². The Morgan fingerprint density at radius 3 is 1.94 bits per heavy atom. The fraction of sp³-hybridized carbons (Fsp3) is 0.625. The van der Waals surface area contributed by atoms with Gasteiger partial charge >= 0.3 is 25.5 Å². The highest BCUT2D eigenvalue weighted by atomic mass is 31.2. The van der Waals surface area contributed by atoms with Crippen LogP contribution in [0.25, 0.3) is 0 Å². The van der Waals surface area contributed by atoms with Crippen molar-refractivity contribution in [1.29, 1.82) is 0 Å². The van der Waals surface area contributed by atoms with E-state index >= 15 is 0 Å². The van der Waals surface area contributed by atoms with Gasteiger partial charge in [0, 0.05) is 0 Å². The van der Waals surface area contributed by atoms with Crippen LogP contribution in [0.4, 0.5) is 0 Å². The second kappa shape index (κ2) is 7.80. The highest BCUT2D eigenvalue weighted by Gasteiger charge is 2.30. The molecule has 0 rings (SSSR count). The lowest BCUT2D eigenvalue weighted by Crippen LogP contribution is -2.21.